The molecule has 1 N–H and O–H groups in total. The van der Waals surface area contributed by atoms with Crippen LogP contribution in [0.5, 0.6) is 0 Å². The Bertz CT molecular complexity index is 604. The van der Waals surface area contributed by atoms with Crippen molar-refractivity contribution in [3.8, 4) is 0 Å². The number of hydrogen-bond acceptors (Lipinski definition) is 4. The highest BCUT2D eigenvalue weighted by atomic mass is 16.6. The molecule has 2 aromatic rings. The van der Waals surface area contributed by atoms with Crippen LogP contribution in [0.1, 0.15) is 11.3 Å². The first kappa shape index (κ1) is 12.1. The van der Waals surface area contributed by atoms with Crippen LogP contribution in [0.15, 0.2) is 24.4 Å². The molecular formula is C12H14N4O2. The Hall–Kier alpha value is -2.37. The van der Waals surface area contributed by atoms with Crippen LogP contribution in [0.3, 0.4) is 0 Å². The standard InChI is InChI=1S/C12H14N4O2/c1-8-4-5-10(16(17)18)6-11(8)13-12-7-15(3)14-9(12)2/h4-7,13H,1-3H3. The van der Waals surface area contributed by atoms with Gasteiger partial charge in [0.2, 0.25) is 0 Å². The summed E-state index contributed by atoms with van der Waals surface area (Å²) in [5.41, 5.74) is 3.44. The Kier molecular flexibility index (Phi) is 3.01. The molecule has 0 fully saturated rings. The van der Waals surface area contributed by atoms with Gasteiger partial charge in [0.1, 0.15) is 0 Å². The van der Waals surface area contributed by atoms with Crippen LogP contribution in [0.2, 0.25) is 0 Å². The van der Waals surface area contributed by atoms with Crippen LogP contribution >= 0.6 is 0 Å². The number of nitro groups is 1. The second-order valence-electron chi connectivity index (χ2n) is 4.18. The Balaban J connectivity index is 2.36. The van der Waals surface area contributed by atoms with E-state index in [0.29, 0.717) is 0 Å². The van der Waals surface area contributed by atoms with E-state index in [9.17, 15) is 10.1 Å². The van der Waals surface area contributed by atoms with Crippen LogP contribution in [-0.4, -0.2) is 14.7 Å². The zero-order valence-electron chi connectivity index (χ0n) is 10.5. The van der Waals surface area contributed by atoms with Gasteiger partial charge in [-0.05, 0) is 19.4 Å². The van der Waals surface area contributed by atoms with Crippen molar-refractivity contribution in [2.45, 2.75) is 13.8 Å². The molecule has 2 rings (SSSR count). The molecule has 0 radical (unpaired) electrons. The topological polar surface area (TPSA) is 73.0 Å². The van der Waals surface area contributed by atoms with Crippen LogP contribution < -0.4 is 5.32 Å². The van der Waals surface area contributed by atoms with Crippen LogP contribution in [-0.2, 0) is 7.05 Å². The SMILES string of the molecule is Cc1ccc([N+](=O)[O-])cc1Nc1cn(C)nc1C. The molecular weight excluding hydrogens is 232 g/mol. The minimum Gasteiger partial charge on any atom is -0.352 e. The number of anilines is 2. The Morgan fingerprint density at radius 2 is 2.06 bits per heavy atom. The molecule has 6 nitrogen and oxygen atoms in total. The molecule has 18 heavy (non-hydrogen) atoms. The zero-order valence-corrected chi connectivity index (χ0v) is 10.5. The van der Waals surface area contributed by atoms with Gasteiger partial charge < -0.3 is 5.32 Å². The molecule has 0 bridgehead atoms. The Morgan fingerprint density at radius 1 is 1.33 bits per heavy atom. The maximum Gasteiger partial charge on any atom is 0.271 e. The summed E-state index contributed by atoms with van der Waals surface area (Å²) in [6, 6.07) is 4.75. The number of benzene rings is 1. The van der Waals surface area contributed by atoms with Gasteiger partial charge in [0.15, 0.2) is 0 Å². The minimum atomic E-state index is -0.402. The van der Waals surface area contributed by atoms with Gasteiger partial charge in [-0.15, -0.1) is 0 Å². The highest BCUT2D eigenvalue weighted by Gasteiger charge is 2.10. The zero-order chi connectivity index (χ0) is 13.3. The molecule has 0 aliphatic heterocycles. The number of rotatable bonds is 3. The van der Waals surface area contributed by atoms with E-state index in [1.165, 1.54) is 12.1 Å². The highest BCUT2D eigenvalue weighted by molar-refractivity contribution is 5.66. The summed E-state index contributed by atoms with van der Waals surface area (Å²) < 4.78 is 1.70. The van der Waals surface area contributed by atoms with E-state index in [2.05, 4.69) is 10.4 Å². The van der Waals surface area contributed by atoms with Gasteiger partial charge in [-0.25, -0.2) is 0 Å². The van der Waals surface area contributed by atoms with E-state index in [-0.39, 0.29) is 5.69 Å². The second kappa shape index (κ2) is 4.48. The van der Waals surface area contributed by atoms with Crippen LogP contribution in [0.25, 0.3) is 0 Å². The quantitative estimate of drug-likeness (QED) is 0.667. The summed E-state index contributed by atoms with van der Waals surface area (Å²) >= 11 is 0. The average Bonchev–Trinajstić information content (AvgIpc) is 2.60. The molecule has 94 valence electrons. The first-order valence-electron chi connectivity index (χ1n) is 5.49. The predicted molar refractivity (Wildman–Crippen MR) is 69.1 cm³/mol. The van der Waals surface area contributed by atoms with E-state index in [1.807, 2.05) is 27.1 Å². The Labute approximate surface area is 104 Å². The minimum absolute atomic E-state index is 0.0737. The summed E-state index contributed by atoms with van der Waals surface area (Å²) in [6.07, 6.45) is 1.84. The molecule has 0 saturated carbocycles. The summed E-state index contributed by atoms with van der Waals surface area (Å²) in [5.74, 6) is 0. The summed E-state index contributed by atoms with van der Waals surface area (Å²) in [4.78, 5) is 10.3. The fraction of sp³-hybridized carbons (Fsp3) is 0.250. The molecule has 0 unspecified atom stereocenters. The molecule has 1 aromatic heterocycles. The van der Waals surface area contributed by atoms with E-state index in [0.717, 1.165) is 22.6 Å². The van der Waals surface area contributed by atoms with Crippen LogP contribution in [0, 0.1) is 24.0 Å². The van der Waals surface area contributed by atoms with Gasteiger partial charge in [-0.1, -0.05) is 6.07 Å². The largest absolute Gasteiger partial charge is 0.352 e. The maximum absolute atomic E-state index is 10.7. The number of nitro benzene ring substituents is 1. The third kappa shape index (κ3) is 2.32. The fourth-order valence-corrected chi connectivity index (χ4v) is 1.73. The molecule has 0 atom stereocenters. The van der Waals surface area contributed by atoms with E-state index in [4.69, 9.17) is 0 Å². The van der Waals surface area contributed by atoms with Gasteiger partial charge >= 0.3 is 0 Å². The third-order valence-electron chi connectivity index (χ3n) is 2.71. The van der Waals surface area contributed by atoms with Crippen molar-refractivity contribution in [1.29, 1.82) is 0 Å². The summed E-state index contributed by atoms with van der Waals surface area (Å²) in [7, 11) is 1.83. The maximum atomic E-state index is 10.7. The average molecular weight is 246 g/mol. The van der Waals surface area contributed by atoms with E-state index < -0.39 is 4.92 Å². The summed E-state index contributed by atoms with van der Waals surface area (Å²) in [6.45, 7) is 3.78. The lowest BCUT2D eigenvalue weighted by molar-refractivity contribution is -0.384. The molecule has 0 aliphatic carbocycles. The van der Waals surface area contributed by atoms with Gasteiger partial charge in [0, 0.05) is 31.1 Å². The van der Waals surface area contributed by atoms with E-state index in [1.54, 1.807) is 10.7 Å². The van der Waals surface area contributed by atoms with Crippen molar-refractivity contribution in [2.75, 3.05) is 5.32 Å². The molecule has 0 spiro atoms. The van der Waals surface area contributed by atoms with Gasteiger partial charge in [0.25, 0.3) is 5.69 Å². The van der Waals surface area contributed by atoms with Crippen molar-refractivity contribution in [3.63, 3.8) is 0 Å². The number of aromatic nitrogens is 2. The lowest BCUT2D eigenvalue weighted by atomic mass is 10.1. The predicted octanol–water partition coefficient (Wildman–Crippen LogP) is 2.69. The monoisotopic (exact) mass is 246 g/mol. The first-order valence-corrected chi connectivity index (χ1v) is 5.49. The van der Waals surface area contributed by atoms with Crippen molar-refractivity contribution in [1.82, 2.24) is 9.78 Å². The molecule has 0 saturated heterocycles. The number of non-ortho nitro benzene ring substituents is 1. The van der Waals surface area contributed by atoms with Crippen molar-refractivity contribution in [2.24, 2.45) is 7.05 Å². The lowest BCUT2D eigenvalue weighted by Crippen LogP contribution is -1.96. The Morgan fingerprint density at radius 3 is 2.61 bits per heavy atom. The molecule has 1 heterocycles. The fourth-order valence-electron chi connectivity index (χ4n) is 1.73. The molecule has 0 amide bonds. The van der Waals surface area contributed by atoms with Gasteiger partial charge in [-0.3, -0.25) is 14.8 Å². The summed E-state index contributed by atoms with van der Waals surface area (Å²) in [5, 5.41) is 18.1. The third-order valence-corrected chi connectivity index (χ3v) is 2.71. The van der Waals surface area contributed by atoms with E-state index >= 15 is 0 Å². The van der Waals surface area contributed by atoms with Gasteiger partial charge in [0.05, 0.1) is 16.3 Å². The highest BCUT2D eigenvalue weighted by Crippen LogP contribution is 2.26. The van der Waals surface area contributed by atoms with Gasteiger partial charge in [-0.2, -0.15) is 5.10 Å². The first-order chi connectivity index (χ1) is 8.47. The van der Waals surface area contributed by atoms with Crippen molar-refractivity contribution < 1.29 is 4.92 Å². The smallest absolute Gasteiger partial charge is 0.271 e. The number of hydrogen-bond donors (Lipinski definition) is 1. The lowest BCUT2D eigenvalue weighted by Gasteiger charge is -2.07. The number of nitrogens with zero attached hydrogens (tertiary/aromatic N) is 3. The number of aryl methyl sites for hydroxylation is 3. The molecule has 1 aromatic carbocycles. The normalized spacial score (nSPS) is 10.4. The second-order valence-corrected chi connectivity index (χ2v) is 4.18. The number of nitrogens with one attached hydrogen (secondary N) is 1. The van der Waals surface area contributed by atoms with Crippen molar-refractivity contribution in [3.05, 3.63) is 45.8 Å². The van der Waals surface area contributed by atoms with Crippen molar-refractivity contribution >= 4 is 17.1 Å². The molecule has 0 aliphatic rings. The van der Waals surface area contributed by atoms with Crippen LogP contribution in [0.4, 0.5) is 17.1 Å². The molecule has 6 heteroatoms.